The molecule has 1 rings (SSSR count). The van der Waals surface area contributed by atoms with Gasteiger partial charge in [-0.15, -0.1) is 0 Å². The van der Waals surface area contributed by atoms with Crippen molar-refractivity contribution in [1.29, 1.82) is 0 Å². The monoisotopic (exact) mass is 330 g/mol. The quantitative estimate of drug-likeness (QED) is 0.244. The molecule has 0 aromatic carbocycles. The first-order valence-corrected chi connectivity index (χ1v) is 7.30. The van der Waals surface area contributed by atoms with Crippen LogP contribution in [0.3, 0.4) is 0 Å². The van der Waals surface area contributed by atoms with Gasteiger partial charge in [0.1, 0.15) is 12.2 Å². The predicted molar refractivity (Wildman–Crippen MR) is 78.0 cm³/mol. The largest absolute Gasteiger partial charge is 0.394 e. The summed E-state index contributed by atoms with van der Waals surface area (Å²) in [5, 5.41) is 29.6. The first kappa shape index (κ1) is 19.2. The van der Waals surface area contributed by atoms with Gasteiger partial charge in [0.25, 0.3) is 11.8 Å². The third-order valence-electron chi connectivity index (χ3n) is 3.17. The highest BCUT2D eigenvalue weighted by atomic mass is 16.5. The molecule has 2 atom stereocenters. The molecule has 23 heavy (non-hydrogen) atoms. The highest BCUT2D eigenvalue weighted by Crippen LogP contribution is 2.03. The van der Waals surface area contributed by atoms with E-state index < -0.39 is 30.6 Å². The molecule has 0 bridgehead atoms. The summed E-state index contributed by atoms with van der Waals surface area (Å²) in [5.74, 6) is -1.12. The second kappa shape index (κ2) is 10.1. The molecule has 0 radical (unpaired) electrons. The molecule has 130 valence electrons. The van der Waals surface area contributed by atoms with E-state index >= 15 is 0 Å². The Bertz CT molecular complexity index is 434. The molecule has 0 saturated heterocycles. The number of hydrogen-bond acceptors (Lipinski definition) is 7. The van der Waals surface area contributed by atoms with Gasteiger partial charge in [0.05, 0.1) is 13.2 Å². The Kier molecular flexibility index (Phi) is 8.41. The van der Waals surface area contributed by atoms with Gasteiger partial charge in [-0.2, -0.15) is 0 Å². The zero-order chi connectivity index (χ0) is 17.2. The lowest BCUT2D eigenvalue weighted by Crippen LogP contribution is -2.35. The molecule has 9 heteroatoms. The van der Waals surface area contributed by atoms with Crippen LogP contribution in [0.5, 0.6) is 0 Å². The molecule has 2 unspecified atom stereocenters. The van der Waals surface area contributed by atoms with E-state index in [1.54, 1.807) is 0 Å². The second-order valence-corrected chi connectivity index (χ2v) is 5.01. The van der Waals surface area contributed by atoms with Crippen molar-refractivity contribution in [2.24, 2.45) is 0 Å². The zero-order valence-corrected chi connectivity index (χ0v) is 12.7. The molecule has 0 saturated carbocycles. The standard InChI is InChI=1S/C14H22N2O7/c17-8-10(18)11(19)9-23-7-1-5-15-12(20)4-6-16-13(21)2-3-14(16)22/h2-3,10-11,17-19H,1,4-9H2,(H,15,20). The first-order chi connectivity index (χ1) is 11.0. The molecule has 1 aliphatic heterocycles. The molecule has 9 nitrogen and oxygen atoms in total. The highest BCUT2D eigenvalue weighted by molar-refractivity contribution is 6.13. The molecule has 4 N–H and O–H groups in total. The maximum absolute atomic E-state index is 11.6. The molecule has 0 spiro atoms. The summed E-state index contributed by atoms with van der Waals surface area (Å²) >= 11 is 0. The third-order valence-corrected chi connectivity index (χ3v) is 3.17. The van der Waals surface area contributed by atoms with Crippen LogP contribution >= 0.6 is 0 Å². The summed E-state index contributed by atoms with van der Waals surface area (Å²) in [6.45, 7) is -0.00163. The predicted octanol–water partition coefficient (Wildman–Crippen LogP) is -2.46. The molecule has 1 heterocycles. The van der Waals surface area contributed by atoms with Gasteiger partial charge < -0.3 is 25.4 Å². The minimum absolute atomic E-state index is 0.0292. The molecule has 0 aromatic heterocycles. The number of nitrogens with one attached hydrogen (secondary N) is 1. The lowest BCUT2D eigenvalue weighted by Gasteiger charge is -2.15. The van der Waals surface area contributed by atoms with E-state index in [9.17, 15) is 19.5 Å². The number of aliphatic hydroxyl groups excluding tert-OH is 3. The Morgan fingerprint density at radius 3 is 2.48 bits per heavy atom. The fourth-order valence-corrected chi connectivity index (χ4v) is 1.79. The van der Waals surface area contributed by atoms with Crippen LogP contribution in [-0.4, -0.2) is 83.1 Å². The number of carbonyl (C=O) groups is 3. The Morgan fingerprint density at radius 1 is 1.22 bits per heavy atom. The fourth-order valence-electron chi connectivity index (χ4n) is 1.79. The van der Waals surface area contributed by atoms with E-state index in [-0.39, 0.29) is 32.1 Å². The fraction of sp³-hybridized carbons (Fsp3) is 0.643. The summed E-state index contributed by atoms with van der Waals surface area (Å²) in [4.78, 5) is 35.1. The van der Waals surface area contributed by atoms with Crippen LogP contribution in [-0.2, 0) is 19.1 Å². The van der Waals surface area contributed by atoms with Crippen LogP contribution in [0.15, 0.2) is 12.2 Å². The SMILES string of the molecule is O=C(CCN1C(=O)C=CC1=O)NCCCOCC(O)C(O)CO. The zero-order valence-electron chi connectivity index (χ0n) is 12.7. The maximum atomic E-state index is 11.6. The van der Waals surface area contributed by atoms with Gasteiger partial charge in [-0.25, -0.2) is 0 Å². The van der Waals surface area contributed by atoms with Crippen molar-refractivity contribution in [3.8, 4) is 0 Å². The Balaban J connectivity index is 2.02. The number of carbonyl (C=O) groups excluding carboxylic acids is 3. The number of amides is 3. The second-order valence-electron chi connectivity index (χ2n) is 5.01. The van der Waals surface area contributed by atoms with Gasteiger partial charge in [0.15, 0.2) is 0 Å². The average Bonchev–Trinajstić information content (AvgIpc) is 2.86. The van der Waals surface area contributed by atoms with Crippen molar-refractivity contribution in [2.45, 2.75) is 25.0 Å². The molecule has 0 fully saturated rings. The smallest absolute Gasteiger partial charge is 0.253 e. The van der Waals surface area contributed by atoms with Crippen molar-refractivity contribution in [3.63, 3.8) is 0 Å². The Hall–Kier alpha value is -1.81. The summed E-state index contributed by atoms with van der Waals surface area (Å²) in [6.07, 6.45) is 0.469. The van der Waals surface area contributed by atoms with Crippen molar-refractivity contribution in [3.05, 3.63) is 12.2 Å². The number of aliphatic hydroxyl groups is 3. The van der Waals surface area contributed by atoms with E-state index in [2.05, 4.69) is 5.32 Å². The average molecular weight is 330 g/mol. The minimum atomic E-state index is -1.24. The van der Waals surface area contributed by atoms with Crippen molar-refractivity contribution in [2.75, 3.05) is 32.9 Å². The van der Waals surface area contributed by atoms with E-state index in [1.807, 2.05) is 0 Å². The van der Waals surface area contributed by atoms with E-state index in [0.717, 1.165) is 4.90 Å². The summed E-state index contributed by atoms with van der Waals surface area (Å²) < 4.78 is 5.09. The molecule has 0 aromatic rings. The topological polar surface area (TPSA) is 136 Å². The molecule has 1 aliphatic rings. The summed E-state index contributed by atoms with van der Waals surface area (Å²) in [5.41, 5.74) is 0. The number of hydrogen-bond donors (Lipinski definition) is 4. The molecule has 0 aliphatic carbocycles. The van der Waals surface area contributed by atoms with Crippen molar-refractivity contribution in [1.82, 2.24) is 10.2 Å². The minimum Gasteiger partial charge on any atom is -0.394 e. The van der Waals surface area contributed by atoms with Gasteiger partial charge in [0, 0.05) is 38.3 Å². The molecular weight excluding hydrogens is 308 g/mol. The first-order valence-electron chi connectivity index (χ1n) is 7.30. The Morgan fingerprint density at radius 2 is 1.87 bits per heavy atom. The number of nitrogens with zero attached hydrogens (tertiary/aromatic N) is 1. The van der Waals surface area contributed by atoms with Gasteiger partial charge in [-0.1, -0.05) is 0 Å². The van der Waals surface area contributed by atoms with E-state index in [0.29, 0.717) is 13.0 Å². The lowest BCUT2D eigenvalue weighted by molar-refractivity contribution is -0.137. The lowest BCUT2D eigenvalue weighted by atomic mass is 10.2. The van der Waals surface area contributed by atoms with Gasteiger partial charge in [-0.05, 0) is 6.42 Å². The van der Waals surface area contributed by atoms with Crippen LogP contribution in [0, 0.1) is 0 Å². The summed E-state index contributed by atoms with van der Waals surface area (Å²) in [7, 11) is 0. The number of rotatable bonds is 11. The van der Waals surface area contributed by atoms with E-state index in [1.165, 1.54) is 12.2 Å². The number of imide groups is 1. The van der Waals surface area contributed by atoms with Gasteiger partial charge in [0.2, 0.25) is 5.91 Å². The van der Waals surface area contributed by atoms with Gasteiger partial charge >= 0.3 is 0 Å². The van der Waals surface area contributed by atoms with Crippen LogP contribution in [0.25, 0.3) is 0 Å². The van der Waals surface area contributed by atoms with Crippen LogP contribution in [0.1, 0.15) is 12.8 Å². The number of ether oxygens (including phenoxy) is 1. The molecule has 3 amide bonds. The Labute approximate surface area is 133 Å². The normalized spacial score (nSPS) is 16.7. The summed E-state index contributed by atoms with van der Waals surface area (Å²) in [6, 6.07) is 0. The highest BCUT2D eigenvalue weighted by Gasteiger charge is 2.23. The van der Waals surface area contributed by atoms with Crippen molar-refractivity contribution < 1.29 is 34.4 Å². The van der Waals surface area contributed by atoms with Crippen LogP contribution in [0.2, 0.25) is 0 Å². The van der Waals surface area contributed by atoms with E-state index in [4.69, 9.17) is 14.9 Å². The molecular formula is C14H22N2O7. The van der Waals surface area contributed by atoms with Gasteiger partial charge in [-0.3, -0.25) is 19.3 Å². The van der Waals surface area contributed by atoms with Crippen molar-refractivity contribution >= 4 is 17.7 Å². The van der Waals surface area contributed by atoms with Crippen LogP contribution in [0.4, 0.5) is 0 Å². The van der Waals surface area contributed by atoms with Crippen LogP contribution < -0.4 is 5.32 Å². The maximum Gasteiger partial charge on any atom is 0.253 e. The third kappa shape index (κ3) is 6.87.